The van der Waals surface area contributed by atoms with E-state index in [9.17, 15) is 4.79 Å². The highest BCUT2D eigenvalue weighted by Gasteiger charge is 2.19. The van der Waals surface area contributed by atoms with Crippen molar-refractivity contribution in [2.24, 2.45) is 5.73 Å². The Morgan fingerprint density at radius 1 is 1.44 bits per heavy atom. The average molecular weight is 244 g/mol. The first-order valence-corrected chi connectivity index (χ1v) is 4.98. The molecule has 0 aliphatic rings. The summed E-state index contributed by atoms with van der Waals surface area (Å²) in [6, 6.07) is 3.38. The van der Waals surface area contributed by atoms with Gasteiger partial charge in [0.25, 0.3) is 5.91 Å². The molecule has 16 heavy (non-hydrogen) atoms. The minimum Gasteiger partial charge on any atom is -0.347 e. The standard InChI is InChI=1S/C11H17N3O.ClH/c1-11(2,5-6-12)14-10(15)9-3-7-13-8-4-9;/h3-4,7-8H,5-6,12H2,1-2H3,(H,14,15);1H. The average Bonchev–Trinajstić information content (AvgIpc) is 2.18. The van der Waals surface area contributed by atoms with Crippen LogP contribution in [-0.2, 0) is 0 Å². The van der Waals surface area contributed by atoms with E-state index in [4.69, 9.17) is 5.73 Å². The SMILES string of the molecule is CC(C)(CCN)NC(=O)c1ccncc1.Cl. The number of rotatable bonds is 4. The van der Waals surface area contributed by atoms with Crippen molar-refractivity contribution >= 4 is 18.3 Å². The van der Waals surface area contributed by atoms with E-state index in [0.717, 1.165) is 6.42 Å². The van der Waals surface area contributed by atoms with E-state index in [1.54, 1.807) is 24.5 Å². The second kappa shape index (κ2) is 6.45. The summed E-state index contributed by atoms with van der Waals surface area (Å²) in [6.07, 6.45) is 3.96. The Morgan fingerprint density at radius 3 is 2.50 bits per heavy atom. The number of carbonyl (C=O) groups is 1. The lowest BCUT2D eigenvalue weighted by molar-refractivity contribution is 0.0910. The van der Waals surface area contributed by atoms with E-state index in [1.165, 1.54) is 0 Å². The van der Waals surface area contributed by atoms with Crippen molar-refractivity contribution in [3.05, 3.63) is 30.1 Å². The van der Waals surface area contributed by atoms with Crippen LogP contribution < -0.4 is 11.1 Å². The third kappa shape index (κ3) is 4.59. The van der Waals surface area contributed by atoms with E-state index in [-0.39, 0.29) is 23.9 Å². The van der Waals surface area contributed by atoms with Crippen LogP contribution in [-0.4, -0.2) is 23.0 Å². The zero-order valence-electron chi connectivity index (χ0n) is 9.56. The molecule has 90 valence electrons. The summed E-state index contributed by atoms with van der Waals surface area (Å²) in [6.45, 7) is 4.47. The fraction of sp³-hybridized carbons (Fsp3) is 0.455. The summed E-state index contributed by atoms with van der Waals surface area (Å²) < 4.78 is 0. The van der Waals surface area contributed by atoms with Crippen molar-refractivity contribution in [1.29, 1.82) is 0 Å². The maximum Gasteiger partial charge on any atom is 0.251 e. The second-order valence-electron chi connectivity index (χ2n) is 4.11. The van der Waals surface area contributed by atoms with Gasteiger partial charge < -0.3 is 11.1 Å². The van der Waals surface area contributed by atoms with Crippen LogP contribution in [0.25, 0.3) is 0 Å². The lowest BCUT2D eigenvalue weighted by Gasteiger charge is -2.25. The first-order chi connectivity index (χ1) is 7.05. The summed E-state index contributed by atoms with van der Waals surface area (Å²) in [7, 11) is 0. The molecule has 0 radical (unpaired) electrons. The van der Waals surface area contributed by atoms with Crippen LogP contribution in [0, 0.1) is 0 Å². The van der Waals surface area contributed by atoms with Gasteiger partial charge >= 0.3 is 0 Å². The van der Waals surface area contributed by atoms with Crippen LogP contribution in [0.2, 0.25) is 0 Å². The van der Waals surface area contributed by atoms with Crippen LogP contribution in [0.3, 0.4) is 0 Å². The molecule has 0 atom stereocenters. The summed E-state index contributed by atoms with van der Waals surface area (Å²) in [5.74, 6) is -0.0872. The fourth-order valence-electron chi connectivity index (χ4n) is 1.31. The Balaban J connectivity index is 0.00000225. The zero-order chi connectivity index (χ0) is 11.3. The number of amides is 1. The van der Waals surface area contributed by atoms with Gasteiger partial charge in [-0.25, -0.2) is 0 Å². The summed E-state index contributed by atoms with van der Waals surface area (Å²) in [5, 5.41) is 2.93. The van der Waals surface area contributed by atoms with Gasteiger partial charge in [0.05, 0.1) is 0 Å². The molecule has 0 aromatic carbocycles. The number of hydrogen-bond donors (Lipinski definition) is 2. The largest absolute Gasteiger partial charge is 0.347 e. The van der Waals surface area contributed by atoms with Crippen LogP contribution >= 0.6 is 12.4 Å². The molecule has 5 heteroatoms. The van der Waals surface area contributed by atoms with Crippen molar-refractivity contribution in [3.8, 4) is 0 Å². The maximum atomic E-state index is 11.8. The Labute approximate surface area is 102 Å². The number of nitrogens with one attached hydrogen (secondary N) is 1. The number of nitrogens with zero attached hydrogens (tertiary/aromatic N) is 1. The van der Waals surface area contributed by atoms with Gasteiger partial charge in [0.15, 0.2) is 0 Å². The van der Waals surface area contributed by atoms with Crippen molar-refractivity contribution < 1.29 is 4.79 Å². The predicted octanol–water partition coefficient (Wildman–Crippen LogP) is 1.36. The quantitative estimate of drug-likeness (QED) is 0.839. The van der Waals surface area contributed by atoms with Crippen LogP contribution in [0.5, 0.6) is 0 Å². The molecule has 1 aromatic heterocycles. The molecule has 1 aromatic rings. The Morgan fingerprint density at radius 2 is 2.00 bits per heavy atom. The minimum absolute atomic E-state index is 0. The molecule has 0 bridgehead atoms. The lowest BCUT2D eigenvalue weighted by Crippen LogP contribution is -2.44. The van der Waals surface area contributed by atoms with Gasteiger partial charge in [-0.1, -0.05) is 0 Å². The molecular formula is C11H18ClN3O. The molecule has 0 unspecified atom stereocenters. The van der Waals surface area contributed by atoms with Crippen molar-refractivity contribution in [2.75, 3.05) is 6.54 Å². The third-order valence-electron chi connectivity index (χ3n) is 2.16. The molecule has 0 aliphatic heterocycles. The second-order valence-corrected chi connectivity index (χ2v) is 4.11. The molecule has 0 spiro atoms. The zero-order valence-corrected chi connectivity index (χ0v) is 10.4. The summed E-state index contributed by atoms with van der Waals surface area (Å²) in [5.41, 5.74) is 5.82. The molecule has 4 nitrogen and oxygen atoms in total. The smallest absolute Gasteiger partial charge is 0.251 e. The molecule has 0 saturated heterocycles. The number of carbonyl (C=O) groups excluding carboxylic acids is 1. The van der Waals surface area contributed by atoms with E-state index < -0.39 is 0 Å². The van der Waals surface area contributed by atoms with Gasteiger partial charge in [-0.05, 0) is 38.9 Å². The molecule has 0 aliphatic carbocycles. The van der Waals surface area contributed by atoms with E-state index in [1.807, 2.05) is 13.8 Å². The fourth-order valence-corrected chi connectivity index (χ4v) is 1.31. The first-order valence-electron chi connectivity index (χ1n) is 4.98. The van der Waals surface area contributed by atoms with Crippen LogP contribution in [0.1, 0.15) is 30.6 Å². The van der Waals surface area contributed by atoms with Crippen LogP contribution in [0.15, 0.2) is 24.5 Å². The van der Waals surface area contributed by atoms with E-state index in [2.05, 4.69) is 10.3 Å². The van der Waals surface area contributed by atoms with Crippen LogP contribution in [0.4, 0.5) is 0 Å². The van der Waals surface area contributed by atoms with E-state index >= 15 is 0 Å². The summed E-state index contributed by atoms with van der Waals surface area (Å²) >= 11 is 0. The number of halogens is 1. The van der Waals surface area contributed by atoms with Gasteiger partial charge in [-0.2, -0.15) is 0 Å². The molecule has 3 N–H and O–H groups in total. The van der Waals surface area contributed by atoms with Crippen molar-refractivity contribution in [3.63, 3.8) is 0 Å². The Hall–Kier alpha value is -1.13. The van der Waals surface area contributed by atoms with Crippen molar-refractivity contribution in [2.45, 2.75) is 25.8 Å². The first kappa shape index (κ1) is 14.9. The molecule has 0 saturated carbocycles. The molecule has 1 heterocycles. The van der Waals surface area contributed by atoms with Gasteiger partial charge in [0.1, 0.15) is 0 Å². The van der Waals surface area contributed by atoms with Gasteiger partial charge in [0.2, 0.25) is 0 Å². The number of hydrogen-bond acceptors (Lipinski definition) is 3. The van der Waals surface area contributed by atoms with E-state index in [0.29, 0.717) is 12.1 Å². The van der Waals surface area contributed by atoms with Crippen molar-refractivity contribution in [1.82, 2.24) is 10.3 Å². The highest BCUT2D eigenvalue weighted by molar-refractivity contribution is 5.94. The van der Waals surface area contributed by atoms with Gasteiger partial charge in [-0.3, -0.25) is 9.78 Å². The number of aromatic nitrogens is 1. The maximum absolute atomic E-state index is 11.8. The lowest BCUT2D eigenvalue weighted by atomic mass is 10.0. The Kier molecular flexibility index (Phi) is 6.00. The molecule has 1 amide bonds. The number of nitrogens with two attached hydrogens (primary N) is 1. The number of pyridine rings is 1. The molecule has 0 fully saturated rings. The third-order valence-corrected chi connectivity index (χ3v) is 2.16. The molecular weight excluding hydrogens is 226 g/mol. The normalized spacial score (nSPS) is 10.4. The van der Waals surface area contributed by atoms with Gasteiger partial charge in [0, 0.05) is 23.5 Å². The minimum atomic E-state index is -0.269. The highest BCUT2D eigenvalue weighted by atomic mass is 35.5. The topological polar surface area (TPSA) is 68.0 Å². The summed E-state index contributed by atoms with van der Waals surface area (Å²) in [4.78, 5) is 15.6. The van der Waals surface area contributed by atoms with Gasteiger partial charge in [-0.15, -0.1) is 12.4 Å². The predicted molar refractivity (Wildman–Crippen MR) is 66.7 cm³/mol. The Bertz CT molecular complexity index is 327. The molecule has 1 rings (SSSR count). The monoisotopic (exact) mass is 243 g/mol. The highest BCUT2D eigenvalue weighted by Crippen LogP contribution is 2.08.